The molecule has 1 aliphatic heterocycles. The maximum Gasteiger partial charge on any atom is 0.261 e. The lowest BCUT2D eigenvalue weighted by molar-refractivity contribution is -0.112. The molecule has 0 atom stereocenters. The highest BCUT2D eigenvalue weighted by molar-refractivity contribution is 9.10. The largest absolute Gasteiger partial charge is 0.308 e. The fourth-order valence-corrected chi connectivity index (χ4v) is 4.67. The van der Waals surface area contributed by atoms with Crippen molar-refractivity contribution < 1.29 is 4.79 Å². The van der Waals surface area contributed by atoms with Gasteiger partial charge in [-0.25, -0.2) is 4.98 Å². The summed E-state index contributed by atoms with van der Waals surface area (Å²) in [5, 5.41) is 0.573. The molecule has 0 bridgehead atoms. The topological polar surface area (TPSA) is 55.2 Å². The van der Waals surface area contributed by atoms with E-state index in [2.05, 4.69) is 15.9 Å². The number of para-hydroxylation sites is 1. The number of amides is 1. The van der Waals surface area contributed by atoms with Crippen molar-refractivity contribution in [3.63, 3.8) is 0 Å². The Morgan fingerprint density at radius 1 is 0.970 bits per heavy atom. The van der Waals surface area contributed by atoms with E-state index in [1.807, 2.05) is 73.7 Å². The number of aromatic nitrogens is 2. The summed E-state index contributed by atoms with van der Waals surface area (Å²) in [7, 11) is 0. The van der Waals surface area contributed by atoms with Crippen molar-refractivity contribution in [2.75, 3.05) is 11.4 Å². The molecule has 5 rings (SSSR count). The minimum atomic E-state index is -0.101. The van der Waals surface area contributed by atoms with Crippen LogP contribution in [0.5, 0.6) is 0 Å². The van der Waals surface area contributed by atoms with Crippen LogP contribution < -0.4 is 10.5 Å². The lowest BCUT2D eigenvalue weighted by Crippen LogP contribution is -2.27. The van der Waals surface area contributed by atoms with Crippen LogP contribution in [-0.2, 0) is 17.8 Å². The van der Waals surface area contributed by atoms with Crippen LogP contribution in [0.25, 0.3) is 22.6 Å². The van der Waals surface area contributed by atoms with Gasteiger partial charge < -0.3 is 4.90 Å². The number of carbonyl (C=O) groups excluding carboxylic acids is 1. The zero-order chi connectivity index (χ0) is 22.9. The Bertz CT molecular complexity index is 1460. The zero-order valence-electron chi connectivity index (χ0n) is 18.2. The van der Waals surface area contributed by atoms with Crippen LogP contribution in [0.15, 0.2) is 82.1 Å². The van der Waals surface area contributed by atoms with Crippen LogP contribution in [0.3, 0.4) is 0 Å². The number of anilines is 1. The van der Waals surface area contributed by atoms with E-state index in [4.69, 9.17) is 4.98 Å². The van der Waals surface area contributed by atoms with E-state index in [0.717, 1.165) is 21.3 Å². The molecule has 5 nitrogen and oxygen atoms in total. The van der Waals surface area contributed by atoms with E-state index in [1.54, 1.807) is 21.6 Å². The SMILES string of the molecule is CCN1C(=O)C(=Cc2nc3ccccc3c(=O)n2CCc2ccccc2)c2cc(Br)ccc21. The van der Waals surface area contributed by atoms with Crippen molar-refractivity contribution in [3.05, 3.63) is 105 Å². The van der Waals surface area contributed by atoms with Gasteiger partial charge in [0.15, 0.2) is 0 Å². The molecule has 2 heterocycles. The van der Waals surface area contributed by atoms with Crippen LogP contribution in [-0.4, -0.2) is 22.0 Å². The van der Waals surface area contributed by atoms with Gasteiger partial charge in [-0.3, -0.25) is 14.2 Å². The molecule has 0 N–H and O–H groups in total. The highest BCUT2D eigenvalue weighted by Gasteiger charge is 2.31. The number of fused-ring (bicyclic) bond motifs is 2. The number of rotatable bonds is 5. The first-order chi connectivity index (χ1) is 16.1. The first-order valence-corrected chi connectivity index (χ1v) is 11.7. The molecule has 0 radical (unpaired) electrons. The molecule has 164 valence electrons. The Balaban J connectivity index is 1.67. The van der Waals surface area contributed by atoms with Gasteiger partial charge >= 0.3 is 0 Å². The van der Waals surface area contributed by atoms with Gasteiger partial charge in [0.05, 0.1) is 22.2 Å². The minimum absolute atomic E-state index is 0.0809. The summed E-state index contributed by atoms with van der Waals surface area (Å²) >= 11 is 3.52. The number of benzene rings is 3. The van der Waals surface area contributed by atoms with Gasteiger partial charge in [-0.1, -0.05) is 58.4 Å². The highest BCUT2D eigenvalue weighted by atomic mass is 79.9. The monoisotopic (exact) mass is 499 g/mol. The molecule has 0 saturated carbocycles. The second-order valence-corrected chi connectivity index (χ2v) is 8.86. The number of carbonyl (C=O) groups is 1. The molecule has 0 saturated heterocycles. The third-order valence-electron chi connectivity index (χ3n) is 5.96. The molecule has 0 unspecified atom stereocenters. The highest BCUT2D eigenvalue weighted by Crippen LogP contribution is 2.39. The number of likely N-dealkylation sites (N-methyl/N-ethyl adjacent to an activating group) is 1. The number of hydrogen-bond acceptors (Lipinski definition) is 3. The van der Waals surface area contributed by atoms with Crippen molar-refractivity contribution >= 4 is 50.1 Å². The van der Waals surface area contributed by atoms with Crippen LogP contribution in [0, 0.1) is 0 Å². The molecule has 1 amide bonds. The molecular formula is C27H22BrN3O2. The Kier molecular flexibility index (Phi) is 5.68. The average molecular weight is 500 g/mol. The number of halogens is 1. The van der Waals surface area contributed by atoms with Gasteiger partial charge in [-0.2, -0.15) is 0 Å². The van der Waals surface area contributed by atoms with Gasteiger partial charge in [0.1, 0.15) is 5.82 Å². The number of hydrogen-bond donors (Lipinski definition) is 0. The van der Waals surface area contributed by atoms with Crippen molar-refractivity contribution in [1.82, 2.24) is 9.55 Å². The molecule has 4 aromatic rings. The third kappa shape index (κ3) is 3.91. The summed E-state index contributed by atoms with van der Waals surface area (Å²) in [6, 6.07) is 23.2. The lowest BCUT2D eigenvalue weighted by atomic mass is 10.1. The van der Waals surface area contributed by atoms with Gasteiger partial charge in [0.25, 0.3) is 11.5 Å². The summed E-state index contributed by atoms with van der Waals surface area (Å²) in [5.74, 6) is 0.407. The molecule has 1 aliphatic rings. The zero-order valence-corrected chi connectivity index (χ0v) is 19.7. The van der Waals surface area contributed by atoms with E-state index in [0.29, 0.717) is 41.8 Å². The Labute approximate surface area is 200 Å². The normalized spacial score (nSPS) is 14.3. The third-order valence-corrected chi connectivity index (χ3v) is 6.46. The van der Waals surface area contributed by atoms with Crippen LogP contribution >= 0.6 is 15.9 Å². The lowest BCUT2D eigenvalue weighted by Gasteiger charge is -2.14. The van der Waals surface area contributed by atoms with E-state index < -0.39 is 0 Å². The molecule has 3 aromatic carbocycles. The summed E-state index contributed by atoms with van der Waals surface area (Å²) in [5.41, 5.74) is 3.92. The summed E-state index contributed by atoms with van der Waals surface area (Å²) < 4.78 is 2.58. The van der Waals surface area contributed by atoms with Gasteiger partial charge in [-0.15, -0.1) is 0 Å². The summed E-state index contributed by atoms with van der Waals surface area (Å²) in [4.78, 5) is 33.3. The van der Waals surface area contributed by atoms with Gasteiger partial charge in [0.2, 0.25) is 0 Å². The standard InChI is InChI=1S/C27H22BrN3O2/c1-2-30-24-13-12-19(28)16-21(24)22(27(30)33)17-25-29-23-11-7-6-10-20(23)26(32)31(25)15-14-18-8-4-3-5-9-18/h3-13,16-17H,2,14-15H2,1H3. The molecule has 33 heavy (non-hydrogen) atoms. The molecular weight excluding hydrogens is 478 g/mol. The van der Waals surface area contributed by atoms with Crippen molar-refractivity contribution in [3.8, 4) is 0 Å². The van der Waals surface area contributed by atoms with Gasteiger partial charge in [0, 0.05) is 23.1 Å². The smallest absolute Gasteiger partial charge is 0.261 e. The first kappa shape index (κ1) is 21.3. The Morgan fingerprint density at radius 2 is 1.73 bits per heavy atom. The average Bonchev–Trinajstić information content (AvgIpc) is 3.09. The molecule has 1 aromatic heterocycles. The van der Waals surface area contributed by atoms with Crippen LogP contribution in [0.4, 0.5) is 5.69 Å². The second kappa shape index (κ2) is 8.79. The maximum absolute atomic E-state index is 13.4. The van der Waals surface area contributed by atoms with Crippen LogP contribution in [0.2, 0.25) is 0 Å². The number of nitrogens with zero attached hydrogens (tertiary/aromatic N) is 3. The molecule has 6 heteroatoms. The molecule has 0 fully saturated rings. The quantitative estimate of drug-likeness (QED) is 0.349. The van der Waals surface area contributed by atoms with E-state index in [9.17, 15) is 9.59 Å². The fraction of sp³-hybridized carbons (Fsp3) is 0.148. The number of aryl methyl sites for hydroxylation is 1. The van der Waals surface area contributed by atoms with E-state index in [1.165, 1.54) is 0 Å². The Morgan fingerprint density at radius 3 is 2.52 bits per heavy atom. The van der Waals surface area contributed by atoms with Crippen molar-refractivity contribution in [2.24, 2.45) is 0 Å². The molecule has 0 aliphatic carbocycles. The van der Waals surface area contributed by atoms with E-state index in [-0.39, 0.29) is 11.5 Å². The minimum Gasteiger partial charge on any atom is -0.308 e. The first-order valence-electron chi connectivity index (χ1n) is 10.9. The molecule has 0 spiro atoms. The summed E-state index contributed by atoms with van der Waals surface area (Å²) in [6.07, 6.45) is 2.45. The van der Waals surface area contributed by atoms with Crippen molar-refractivity contribution in [1.29, 1.82) is 0 Å². The van der Waals surface area contributed by atoms with E-state index >= 15 is 0 Å². The van der Waals surface area contributed by atoms with Gasteiger partial charge in [-0.05, 0) is 55.3 Å². The predicted octanol–water partition coefficient (Wildman–Crippen LogP) is 5.31. The van der Waals surface area contributed by atoms with Crippen molar-refractivity contribution in [2.45, 2.75) is 19.9 Å². The summed E-state index contributed by atoms with van der Waals surface area (Å²) in [6.45, 7) is 2.99. The maximum atomic E-state index is 13.4. The fourth-order valence-electron chi connectivity index (χ4n) is 4.31. The predicted molar refractivity (Wildman–Crippen MR) is 136 cm³/mol. The van der Waals surface area contributed by atoms with Crippen LogP contribution in [0.1, 0.15) is 23.9 Å². The second-order valence-electron chi connectivity index (χ2n) is 7.95. The Hall–Kier alpha value is -3.51.